The summed E-state index contributed by atoms with van der Waals surface area (Å²) in [4.78, 5) is 28.0. The molecule has 2 amide bonds. The van der Waals surface area contributed by atoms with Crippen LogP contribution in [0.4, 0.5) is 5.69 Å². The Hall–Kier alpha value is -3.36. The maximum Gasteiger partial charge on any atom is 0.264 e. The number of carbonyl (C=O) groups is 2. The lowest BCUT2D eigenvalue weighted by Gasteiger charge is -2.32. The van der Waals surface area contributed by atoms with E-state index >= 15 is 0 Å². The number of aryl methyl sites for hydroxylation is 2. The SMILES string of the molecule is CCNC(=O)[C@@H](C)N(Cc1ccccc1Cl)C(=O)CN(c1ccccc1C)S(=O)(=O)c1ccc(C)cc1. The van der Waals surface area contributed by atoms with Gasteiger partial charge >= 0.3 is 0 Å². The molecular weight excluding hydrogens is 510 g/mol. The monoisotopic (exact) mass is 541 g/mol. The van der Waals surface area contributed by atoms with Gasteiger partial charge in [-0.1, -0.05) is 65.7 Å². The summed E-state index contributed by atoms with van der Waals surface area (Å²) in [5.74, 6) is -0.871. The Balaban J connectivity index is 2.05. The Morgan fingerprint density at radius 3 is 2.19 bits per heavy atom. The molecule has 0 fully saturated rings. The van der Waals surface area contributed by atoms with Gasteiger partial charge in [-0.05, 0) is 63.1 Å². The third-order valence-corrected chi connectivity index (χ3v) is 8.23. The molecule has 0 aliphatic rings. The zero-order chi connectivity index (χ0) is 27.2. The highest BCUT2D eigenvalue weighted by Crippen LogP contribution is 2.28. The summed E-state index contributed by atoms with van der Waals surface area (Å²) in [7, 11) is -4.10. The van der Waals surface area contributed by atoms with Crippen LogP contribution in [0.5, 0.6) is 0 Å². The molecule has 0 heterocycles. The summed E-state index contributed by atoms with van der Waals surface area (Å²) < 4.78 is 28.8. The topological polar surface area (TPSA) is 86.8 Å². The maximum absolute atomic E-state index is 13.8. The van der Waals surface area contributed by atoms with Crippen molar-refractivity contribution in [3.63, 3.8) is 0 Å². The van der Waals surface area contributed by atoms with Gasteiger partial charge in [0.05, 0.1) is 10.6 Å². The number of anilines is 1. The third-order valence-electron chi connectivity index (χ3n) is 6.09. The van der Waals surface area contributed by atoms with Crippen molar-refractivity contribution in [1.29, 1.82) is 0 Å². The second-order valence-corrected chi connectivity index (χ2v) is 11.1. The first-order chi connectivity index (χ1) is 17.6. The zero-order valence-corrected chi connectivity index (χ0v) is 23.0. The molecule has 196 valence electrons. The molecule has 1 N–H and O–H groups in total. The smallest absolute Gasteiger partial charge is 0.264 e. The molecule has 37 heavy (non-hydrogen) atoms. The molecule has 1 atom stereocenters. The van der Waals surface area contributed by atoms with E-state index in [4.69, 9.17) is 11.6 Å². The lowest BCUT2D eigenvalue weighted by atomic mass is 10.1. The van der Waals surface area contributed by atoms with E-state index in [1.165, 1.54) is 17.0 Å². The van der Waals surface area contributed by atoms with E-state index < -0.39 is 28.5 Å². The van der Waals surface area contributed by atoms with Gasteiger partial charge in [0, 0.05) is 18.1 Å². The minimum Gasteiger partial charge on any atom is -0.355 e. The number of hydrogen-bond donors (Lipinski definition) is 1. The Bertz CT molecular complexity index is 1360. The van der Waals surface area contributed by atoms with Crippen molar-refractivity contribution < 1.29 is 18.0 Å². The highest BCUT2D eigenvalue weighted by molar-refractivity contribution is 7.92. The molecule has 7 nitrogen and oxygen atoms in total. The number of para-hydroxylation sites is 1. The number of sulfonamides is 1. The fourth-order valence-electron chi connectivity index (χ4n) is 3.91. The van der Waals surface area contributed by atoms with Crippen molar-refractivity contribution in [2.45, 2.75) is 45.2 Å². The van der Waals surface area contributed by atoms with Gasteiger partial charge in [0.1, 0.15) is 12.6 Å². The van der Waals surface area contributed by atoms with Gasteiger partial charge < -0.3 is 10.2 Å². The van der Waals surface area contributed by atoms with Crippen LogP contribution < -0.4 is 9.62 Å². The Labute approximate surface area is 224 Å². The van der Waals surface area contributed by atoms with Crippen LogP contribution in [0.2, 0.25) is 5.02 Å². The van der Waals surface area contributed by atoms with Gasteiger partial charge in [0.15, 0.2) is 0 Å². The Morgan fingerprint density at radius 2 is 1.57 bits per heavy atom. The first kappa shape index (κ1) is 28.2. The molecular formula is C28H32ClN3O4S. The van der Waals surface area contributed by atoms with Gasteiger partial charge in [-0.3, -0.25) is 13.9 Å². The lowest BCUT2D eigenvalue weighted by molar-refractivity contribution is -0.139. The third kappa shape index (κ3) is 6.70. The fourth-order valence-corrected chi connectivity index (χ4v) is 5.58. The summed E-state index contributed by atoms with van der Waals surface area (Å²) in [6.07, 6.45) is 0. The van der Waals surface area contributed by atoms with Crippen LogP contribution in [-0.4, -0.2) is 44.3 Å². The van der Waals surface area contributed by atoms with Crippen LogP contribution >= 0.6 is 11.6 Å². The van der Waals surface area contributed by atoms with Crippen molar-refractivity contribution in [2.24, 2.45) is 0 Å². The molecule has 0 aliphatic heterocycles. The van der Waals surface area contributed by atoms with Gasteiger partial charge in [0.25, 0.3) is 10.0 Å². The van der Waals surface area contributed by atoms with Gasteiger partial charge in [-0.2, -0.15) is 0 Å². The average Bonchev–Trinajstić information content (AvgIpc) is 2.87. The van der Waals surface area contributed by atoms with Crippen molar-refractivity contribution in [3.05, 3.63) is 94.5 Å². The molecule has 3 aromatic carbocycles. The summed E-state index contributed by atoms with van der Waals surface area (Å²) in [5, 5.41) is 3.19. The lowest BCUT2D eigenvalue weighted by Crippen LogP contribution is -2.51. The zero-order valence-electron chi connectivity index (χ0n) is 21.4. The number of likely N-dealkylation sites (N-methyl/N-ethyl adjacent to an activating group) is 1. The molecule has 0 radical (unpaired) electrons. The van der Waals surface area contributed by atoms with Crippen molar-refractivity contribution >= 4 is 39.1 Å². The van der Waals surface area contributed by atoms with Crippen molar-refractivity contribution in [3.8, 4) is 0 Å². The van der Waals surface area contributed by atoms with Gasteiger partial charge in [0.2, 0.25) is 11.8 Å². The van der Waals surface area contributed by atoms with E-state index in [0.29, 0.717) is 28.4 Å². The molecule has 3 aromatic rings. The first-order valence-corrected chi connectivity index (χ1v) is 13.8. The number of benzene rings is 3. The summed E-state index contributed by atoms with van der Waals surface area (Å²) in [6.45, 7) is 7.02. The molecule has 0 aromatic heterocycles. The average molecular weight is 542 g/mol. The van der Waals surface area contributed by atoms with E-state index in [0.717, 1.165) is 9.87 Å². The standard InChI is InChI=1S/C28H32ClN3O4S/c1-5-30-28(34)22(4)31(18-23-11-7-8-12-25(23)29)27(33)19-32(26-13-9-6-10-21(26)3)37(35,36)24-16-14-20(2)15-17-24/h6-17,22H,5,18-19H2,1-4H3,(H,30,34)/t22-/m1/s1. The highest BCUT2D eigenvalue weighted by Gasteiger charge is 2.33. The number of hydrogen-bond acceptors (Lipinski definition) is 4. The van der Waals surface area contributed by atoms with Gasteiger partial charge in [-0.15, -0.1) is 0 Å². The largest absolute Gasteiger partial charge is 0.355 e. The molecule has 3 rings (SSSR count). The molecule has 0 bridgehead atoms. The minimum absolute atomic E-state index is 0.0446. The van der Waals surface area contributed by atoms with Crippen molar-refractivity contribution in [1.82, 2.24) is 10.2 Å². The van der Waals surface area contributed by atoms with E-state index in [1.807, 2.05) is 6.92 Å². The predicted molar refractivity (Wildman–Crippen MR) is 147 cm³/mol. The first-order valence-electron chi connectivity index (χ1n) is 12.0. The molecule has 0 saturated carbocycles. The predicted octanol–water partition coefficient (Wildman–Crippen LogP) is 4.71. The van der Waals surface area contributed by atoms with Crippen LogP contribution in [0, 0.1) is 13.8 Å². The van der Waals surface area contributed by atoms with Crippen LogP contribution in [0.3, 0.4) is 0 Å². The van der Waals surface area contributed by atoms with E-state index in [-0.39, 0.29) is 17.3 Å². The summed E-state index contributed by atoms with van der Waals surface area (Å²) in [6, 6.07) is 19.7. The molecule has 0 aliphatic carbocycles. The second-order valence-electron chi connectivity index (χ2n) is 8.79. The van der Waals surface area contributed by atoms with Crippen LogP contribution in [-0.2, 0) is 26.2 Å². The quantitative estimate of drug-likeness (QED) is 0.403. The normalized spacial score (nSPS) is 12.0. The highest BCUT2D eigenvalue weighted by atomic mass is 35.5. The maximum atomic E-state index is 13.8. The second kappa shape index (κ2) is 12.3. The summed E-state index contributed by atoms with van der Waals surface area (Å²) in [5.41, 5.74) is 2.65. The van der Waals surface area contributed by atoms with E-state index in [9.17, 15) is 18.0 Å². The number of amides is 2. The molecule has 9 heteroatoms. The number of carbonyl (C=O) groups excluding carboxylic acids is 2. The molecule has 0 spiro atoms. The van der Waals surface area contributed by atoms with Crippen LogP contribution in [0.25, 0.3) is 0 Å². The van der Waals surface area contributed by atoms with Crippen LogP contribution in [0.1, 0.15) is 30.5 Å². The molecule has 0 unspecified atom stereocenters. The Morgan fingerprint density at radius 1 is 0.946 bits per heavy atom. The minimum atomic E-state index is -4.10. The Kier molecular flexibility index (Phi) is 9.34. The fraction of sp³-hybridized carbons (Fsp3) is 0.286. The number of rotatable bonds is 10. The number of halogens is 1. The van der Waals surface area contributed by atoms with Crippen molar-refractivity contribution in [2.75, 3.05) is 17.4 Å². The van der Waals surface area contributed by atoms with E-state index in [2.05, 4.69) is 5.32 Å². The number of nitrogens with one attached hydrogen (secondary N) is 1. The van der Waals surface area contributed by atoms with Gasteiger partial charge in [-0.25, -0.2) is 8.42 Å². The van der Waals surface area contributed by atoms with E-state index in [1.54, 1.807) is 81.4 Å². The molecule has 0 saturated heterocycles. The number of nitrogens with zero attached hydrogens (tertiary/aromatic N) is 2. The van der Waals surface area contributed by atoms with Crippen LogP contribution in [0.15, 0.2) is 77.7 Å². The summed E-state index contributed by atoms with van der Waals surface area (Å²) >= 11 is 6.36.